The molecule has 124 valence electrons. The van der Waals surface area contributed by atoms with Gasteiger partial charge in [0.05, 0.1) is 6.04 Å². The molecule has 1 aromatic carbocycles. The number of urea groups is 1. The summed E-state index contributed by atoms with van der Waals surface area (Å²) < 4.78 is 6.17. The van der Waals surface area contributed by atoms with E-state index in [0.717, 1.165) is 21.5 Å². The largest absolute Gasteiger partial charge is 0.464 e. The number of amides is 2. The summed E-state index contributed by atoms with van der Waals surface area (Å²) in [6.07, 6.45) is 0. The lowest BCUT2D eigenvalue weighted by atomic mass is 9.89. The van der Waals surface area contributed by atoms with Crippen LogP contribution in [-0.4, -0.2) is 30.1 Å². The maximum absolute atomic E-state index is 12.5. The van der Waals surface area contributed by atoms with Gasteiger partial charge in [-0.3, -0.25) is 4.79 Å². The molecule has 0 radical (unpaired) electrons. The summed E-state index contributed by atoms with van der Waals surface area (Å²) in [6.45, 7) is 6.22. The van der Waals surface area contributed by atoms with E-state index in [1.54, 1.807) is 11.8 Å². The molecule has 7 heteroatoms. The van der Waals surface area contributed by atoms with Crippen molar-refractivity contribution in [2.75, 3.05) is 18.1 Å². The number of hydrogen-bond donors (Lipinski definition) is 2. The van der Waals surface area contributed by atoms with E-state index < -0.39 is 12.0 Å². The molecule has 0 aromatic heterocycles. The van der Waals surface area contributed by atoms with E-state index in [0.29, 0.717) is 12.3 Å². The van der Waals surface area contributed by atoms with Crippen molar-refractivity contribution in [1.82, 2.24) is 10.6 Å². The van der Waals surface area contributed by atoms with Gasteiger partial charge in [-0.25, -0.2) is 4.79 Å². The molecule has 2 N–H and O–H groups in total. The third-order valence-electron chi connectivity index (χ3n) is 3.44. The molecule has 2 rings (SSSR count). The van der Waals surface area contributed by atoms with Crippen LogP contribution in [0.25, 0.3) is 0 Å². The highest BCUT2D eigenvalue weighted by Gasteiger charge is 2.39. The highest BCUT2D eigenvalue weighted by Crippen LogP contribution is 2.34. The van der Waals surface area contributed by atoms with Crippen LogP contribution >= 0.6 is 27.7 Å². The third kappa shape index (κ3) is 4.51. The number of esters is 1. The van der Waals surface area contributed by atoms with Gasteiger partial charge in [0, 0.05) is 15.9 Å². The van der Waals surface area contributed by atoms with Gasteiger partial charge in [0.25, 0.3) is 0 Å². The molecule has 1 aliphatic heterocycles. The maximum Gasteiger partial charge on any atom is 0.319 e. The van der Waals surface area contributed by atoms with Crippen molar-refractivity contribution >= 4 is 39.7 Å². The minimum Gasteiger partial charge on any atom is -0.464 e. The van der Waals surface area contributed by atoms with Crippen molar-refractivity contribution in [3.8, 4) is 0 Å². The molecule has 2 amide bonds. The average Bonchev–Trinajstić information content (AvgIpc) is 2.51. The van der Waals surface area contributed by atoms with Crippen molar-refractivity contribution in [2.45, 2.75) is 13.0 Å². The quantitative estimate of drug-likeness (QED) is 0.570. The van der Waals surface area contributed by atoms with Crippen molar-refractivity contribution in [3.05, 3.63) is 46.6 Å². The fourth-order valence-electron chi connectivity index (χ4n) is 2.38. The summed E-state index contributed by atoms with van der Waals surface area (Å²) in [5.74, 6) is 0.671. The first-order chi connectivity index (χ1) is 11.0. The van der Waals surface area contributed by atoms with Crippen LogP contribution in [0.2, 0.25) is 0 Å². The van der Waals surface area contributed by atoms with Gasteiger partial charge < -0.3 is 15.4 Å². The Balaban J connectivity index is 2.19. The SMILES string of the molecule is C=C1NC(=O)N[C@H](c2ccccc2Br)[C@@H]1C(=O)OCCSCC. The molecule has 5 nitrogen and oxygen atoms in total. The number of ether oxygens (including phenoxy) is 1. The van der Waals surface area contributed by atoms with Crippen molar-refractivity contribution in [2.24, 2.45) is 5.92 Å². The number of hydrogen-bond acceptors (Lipinski definition) is 4. The molecule has 23 heavy (non-hydrogen) atoms. The van der Waals surface area contributed by atoms with Gasteiger partial charge in [0.1, 0.15) is 12.5 Å². The highest BCUT2D eigenvalue weighted by atomic mass is 79.9. The molecule has 0 bridgehead atoms. The van der Waals surface area contributed by atoms with Crippen molar-refractivity contribution < 1.29 is 14.3 Å². The molecule has 1 saturated heterocycles. The number of carbonyl (C=O) groups excluding carboxylic acids is 2. The summed E-state index contributed by atoms with van der Waals surface area (Å²) in [4.78, 5) is 24.3. The van der Waals surface area contributed by atoms with Crippen molar-refractivity contribution in [3.63, 3.8) is 0 Å². The predicted molar refractivity (Wildman–Crippen MR) is 95.1 cm³/mol. The Bertz CT molecular complexity index is 609. The zero-order valence-corrected chi connectivity index (χ0v) is 15.2. The molecule has 1 aromatic rings. The minimum atomic E-state index is -0.668. The number of halogens is 1. The lowest BCUT2D eigenvalue weighted by Crippen LogP contribution is -2.51. The number of thioether (sulfide) groups is 1. The Labute approximate surface area is 148 Å². The topological polar surface area (TPSA) is 67.4 Å². The number of carbonyl (C=O) groups is 2. The predicted octanol–water partition coefficient (Wildman–Crippen LogP) is 3.23. The highest BCUT2D eigenvalue weighted by molar-refractivity contribution is 9.10. The zero-order valence-electron chi connectivity index (χ0n) is 12.8. The van der Waals surface area contributed by atoms with Crippen LogP contribution in [0.1, 0.15) is 18.5 Å². The molecule has 0 aliphatic carbocycles. The fourth-order valence-corrected chi connectivity index (χ4v) is 3.40. The average molecular weight is 399 g/mol. The zero-order chi connectivity index (χ0) is 16.8. The standard InChI is InChI=1S/C16H19BrN2O3S/c1-3-23-9-8-22-15(20)13-10(2)18-16(21)19-14(13)11-6-4-5-7-12(11)17/h4-7,13-14H,2-3,8-9H2,1H3,(H2,18,19,21)/t13-,14-/m1/s1. The van der Waals surface area contributed by atoms with E-state index in [4.69, 9.17) is 4.74 Å². The van der Waals surface area contributed by atoms with Crippen LogP contribution in [-0.2, 0) is 9.53 Å². The van der Waals surface area contributed by atoms with Gasteiger partial charge in [0.2, 0.25) is 0 Å². The lowest BCUT2D eigenvalue weighted by Gasteiger charge is -2.33. The maximum atomic E-state index is 12.5. The van der Waals surface area contributed by atoms with Crippen molar-refractivity contribution in [1.29, 1.82) is 0 Å². The minimum absolute atomic E-state index is 0.345. The van der Waals surface area contributed by atoms with Crippen LogP contribution in [0.5, 0.6) is 0 Å². The number of benzene rings is 1. The summed E-state index contributed by atoms with van der Waals surface area (Å²) in [5.41, 5.74) is 1.16. The third-order valence-corrected chi connectivity index (χ3v) is 5.03. The molecule has 0 saturated carbocycles. The Kier molecular flexibility index (Phi) is 6.53. The normalized spacial score (nSPS) is 20.6. The first kappa shape index (κ1) is 17.9. The summed E-state index contributed by atoms with van der Waals surface area (Å²) >= 11 is 5.17. The Morgan fingerprint density at radius 3 is 2.87 bits per heavy atom. The van der Waals surface area contributed by atoms with E-state index in [-0.39, 0.29) is 12.0 Å². The Morgan fingerprint density at radius 2 is 2.17 bits per heavy atom. The molecule has 1 fully saturated rings. The first-order valence-corrected chi connectivity index (χ1v) is 9.24. The molecule has 1 heterocycles. The van der Waals surface area contributed by atoms with Gasteiger partial charge >= 0.3 is 12.0 Å². The second-order valence-corrected chi connectivity index (χ2v) is 7.21. The monoisotopic (exact) mass is 398 g/mol. The smallest absolute Gasteiger partial charge is 0.319 e. The molecular weight excluding hydrogens is 380 g/mol. The van der Waals surface area contributed by atoms with Gasteiger partial charge in [-0.2, -0.15) is 11.8 Å². The molecule has 2 atom stereocenters. The van der Waals surface area contributed by atoms with Gasteiger partial charge in [-0.15, -0.1) is 0 Å². The fraction of sp³-hybridized carbons (Fsp3) is 0.375. The Hall–Kier alpha value is -1.47. The summed E-state index contributed by atoms with van der Waals surface area (Å²) in [6, 6.07) is 6.57. The summed E-state index contributed by atoms with van der Waals surface area (Å²) in [5, 5.41) is 5.35. The second kappa shape index (κ2) is 8.40. The van der Waals surface area contributed by atoms with Gasteiger partial charge in [0.15, 0.2) is 0 Å². The summed E-state index contributed by atoms with van der Waals surface area (Å²) in [7, 11) is 0. The van der Waals surface area contributed by atoms with Gasteiger partial charge in [-0.05, 0) is 17.4 Å². The Morgan fingerprint density at radius 1 is 1.43 bits per heavy atom. The van der Waals surface area contributed by atoms with Gasteiger partial charge in [-0.1, -0.05) is 47.6 Å². The van der Waals surface area contributed by atoms with Crippen LogP contribution in [0, 0.1) is 5.92 Å². The second-order valence-electron chi connectivity index (χ2n) is 4.96. The molecule has 0 unspecified atom stereocenters. The first-order valence-electron chi connectivity index (χ1n) is 7.29. The number of nitrogens with one attached hydrogen (secondary N) is 2. The van der Waals surface area contributed by atoms with Crippen LogP contribution < -0.4 is 10.6 Å². The van der Waals surface area contributed by atoms with Crippen LogP contribution in [0.3, 0.4) is 0 Å². The molecule has 1 aliphatic rings. The van der Waals surface area contributed by atoms with E-state index in [2.05, 4.69) is 40.1 Å². The van der Waals surface area contributed by atoms with Crippen LogP contribution in [0.4, 0.5) is 4.79 Å². The van der Waals surface area contributed by atoms with E-state index in [1.807, 2.05) is 24.3 Å². The van der Waals surface area contributed by atoms with E-state index in [9.17, 15) is 9.59 Å². The molecule has 0 spiro atoms. The molecular formula is C16H19BrN2O3S. The number of rotatable bonds is 6. The van der Waals surface area contributed by atoms with E-state index >= 15 is 0 Å². The van der Waals surface area contributed by atoms with Crippen LogP contribution in [0.15, 0.2) is 41.0 Å². The van der Waals surface area contributed by atoms with E-state index in [1.165, 1.54) is 0 Å². The lowest BCUT2D eigenvalue weighted by molar-refractivity contribution is -0.147.